The molecule has 0 saturated carbocycles. The van der Waals surface area contributed by atoms with Crippen LogP contribution in [0.25, 0.3) is 11.1 Å². The molecule has 7 heteroatoms. The SMILES string of the molecule is CCOc1cc(CC(=O)O)cc(S(=O)(=O)c2cccc(-c3ccccc3OC)c2)c1. The second-order valence-corrected chi connectivity index (χ2v) is 8.50. The van der Waals surface area contributed by atoms with Crippen molar-refractivity contribution in [3.8, 4) is 22.6 Å². The van der Waals surface area contributed by atoms with Gasteiger partial charge in [-0.3, -0.25) is 4.79 Å². The van der Waals surface area contributed by atoms with Crippen molar-refractivity contribution in [2.75, 3.05) is 13.7 Å². The number of ether oxygens (including phenoxy) is 2. The van der Waals surface area contributed by atoms with Crippen LogP contribution in [0.4, 0.5) is 0 Å². The Morgan fingerprint density at radius 2 is 1.73 bits per heavy atom. The zero-order chi connectivity index (χ0) is 21.7. The van der Waals surface area contributed by atoms with Gasteiger partial charge in [-0.05, 0) is 54.4 Å². The minimum atomic E-state index is -3.90. The molecule has 0 radical (unpaired) electrons. The monoisotopic (exact) mass is 426 g/mol. The van der Waals surface area contributed by atoms with Crippen molar-refractivity contribution >= 4 is 15.8 Å². The topological polar surface area (TPSA) is 89.9 Å². The molecule has 3 aromatic rings. The van der Waals surface area contributed by atoms with E-state index in [0.29, 0.717) is 29.2 Å². The Hall–Kier alpha value is -3.32. The molecular formula is C23H22O6S. The molecule has 0 unspecified atom stereocenters. The minimum absolute atomic E-state index is 0.0122. The van der Waals surface area contributed by atoms with E-state index < -0.39 is 15.8 Å². The first-order chi connectivity index (χ1) is 14.3. The van der Waals surface area contributed by atoms with Gasteiger partial charge in [0.05, 0.1) is 29.9 Å². The van der Waals surface area contributed by atoms with E-state index in [2.05, 4.69) is 0 Å². The summed E-state index contributed by atoms with van der Waals surface area (Å²) in [5, 5.41) is 9.11. The first-order valence-corrected chi connectivity index (χ1v) is 10.8. The molecule has 1 N–H and O–H groups in total. The van der Waals surface area contributed by atoms with Crippen molar-refractivity contribution in [1.29, 1.82) is 0 Å². The summed E-state index contributed by atoms with van der Waals surface area (Å²) in [7, 11) is -2.34. The zero-order valence-corrected chi connectivity index (χ0v) is 17.5. The molecule has 0 atom stereocenters. The molecule has 3 rings (SSSR count). The van der Waals surface area contributed by atoms with Gasteiger partial charge in [0, 0.05) is 5.56 Å². The molecule has 156 valence electrons. The molecule has 0 aliphatic heterocycles. The number of hydrogen-bond donors (Lipinski definition) is 1. The first kappa shape index (κ1) is 21.4. The zero-order valence-electron chi connectivity index (χ0n) is 16.7. The normalized spacial score (nSPS) is 11.1. The molecule has 0 bridgehead atoms. The van der Waals surface area contributed by atoms with Gasteiger partial charge in [0.25, 0.3) is 0 Å². The molecule has 0 aliphatic carbocycles. The number of methoxy groups -OCH3 is 1. The minimum Gasteiger partial charge on any atom is -0.496 e. The van der Waals surface area contributed by atoms with Crippen LogP contribution in [0.2, 0.25) is 0 Å². The summed E-state index contributed by atoms with van der Waals surface area (Å²) in [5.41, 5.74) is 1.82. The lowest BCUT2D eigenvalue weighted by Gasteiger charge is -2.12. The van der Waals surface area contributed by atoms with E-state index >= 15 is 0 Å². The molecule has 0 saturated heterocycles. The van der Waals surface area contributed by atoms with Crippen molar-refractivity contribution in [2.24, 2.45) is 0 Å². The molecule has 3 aromatic carbocycles. The van der Waals surface area contributed by atoms with Crippen LogP contribution in [0.15, 0.2) is 76.5 Å². The van der Waals surface area contributed by atoms with Gasteiger partial charge >= 0.3 is 5.97 Å². The van der Waals surface area contributed by atoms with Crippen molar-refractivity contribution in [3.05, 3.63) is 72.3 Å². The van der Waals surface area contributed by atoms with E-state index in [0.717, 1.165) is 5.56 Å². The Morgan fingerprint density at radius 1 is 0.967 bits per heavy atom. The maximum atomic E-state index is 13.3. The van der Waals surface area contributed by atoms with Crippen LogP contribution in [-0.2, 0) is 21.1 Å². The van der Waals surface area contributed by atoms with Gasteiger partial charge in [0.15, 0.2) is 0 Å². The fourth-order valence-electron chi connectivity index (χ4n) is 3.16. The molecule has 0 amide bonds. The Kier molecular flexibility index (Phi) is 6.42. The third-order valence-electron chi connectivity index (χ3n) is 4.48. The smallest absolute Gasteiger partial charge is 0.307 e. The van der Waals surface area contributed by atoms with E-state index in [1.807, 2.05) is 24.3 Å². The van der Waals surface area contributed by atoms with Gasteiger partial charge in [-0.15, -0.1) is 0 Å². The number of carboxylic acid groups (broad SMARTS) is 1. The highest BCUT2D eigenvalue weighted by Gasteiger charge is 2.21. The number of hydrogen-bond acceptors (Lipinski definition) is 5. The van der Waals surface area contributed by atoms with Crippen LogP contribution in [0, 0.1) is 0 Å². The summed E-state index contributed by atoms with van der Waals surface area (Å²) >= 11 is 0. The fraction of sp³-hybridized carbons (Fsp3) is 0.174. The Morgan fingerprint density at radius 3 is 2.43 bits per heavy atom. The van der Waals surface area contributed by atoms with E-state index in [4.69, 9.17) is 14.6 Å². The van der Waals surface area contributed by atoms with Crippen molar-refractivity contribution < 1.29 is 27.8 Å². The van der Waals surface area contributed by atoms with E-state index in [1.54, 1.807) is 38.3 Å². The Balaban J connectivity index is 2.10. The number of benzene rings is 3. The number of sulfone groups is 1. The predicted octanol–water partition coefficient (Wildman–Crippen LogP) is 4.22. The number of carboxylic acids is 1. The Bertz CT molecular complexity index is 1170. The lowest BCUT2D eigenvalue weighted by atomic mass is 10.1. The summed E-state index contributed by atoms with van der Waals surface area (Å²) in [6.07, 6.45) is -0.301. The second-order valence-electron chi connectivity index (χ2n) is 6.55. The average molecular weight is 426 g/mol. The maximum Gasteiger partial charge on any atom is 0.307 e. The highest BCUT2D eigenvalue weighted by molar-refractivity contribution is 7.91. The first-order valence-electron chi connectivity index (χ1n) is 9.32. The lowest BCUT2D eigenvalue weighted by molar-refractivity contribution is -0.136. The molecule has 0 aromatic heterocycles. The molecule has 0 aliphatic rings. The molecular weight excluding hydrogens is 404 g/mol. The maximum absolute atomic E-state index is 13.3. The summed E-state index contributed by atoms with van der Waals surface area (Å²) in [5.74, 6) is -0.102. The van der Waals surface area contributed by atoms with Crippen molar-refractivity contribution in [2.45, 2.75) is 23.1 Å². The van der Waals surface area contributed by atoms with Gasteiger partial charge in [-0.1, -0.05) is 30.3 Å². The average Bonchev–Trinajstić information content (AvgIpc) is 2.73. The highest BCUT2D eigenvalue weighted by Crippen LogP contribution is 2.33. The van der Waals surface area contributed by atoms with E-state index in [-0.39, 0.29) is 16.2 Å². The summed E-state index contributed by atoms with van der Waals surface area (Å²) in [6, 6.07) is 18.3. The van der Waals surface area contributed by atoms with Gasteiger partial charge in [-0.2, -0.15) is 0 Å². The van der Waals surface area contributed by atoms with Crippen LogP contribution in [0.5, 0.6) is 11.5 Å². The summed E-state index contributed by atoms with van der Waals surface area (Å²) < 4.78 is 37.5. The molecule has 30 heavy (non-hydrogen) atoms. The van der Waals surface area contributed by atoms with Crippen LogP contribution in [0.3, 0.4) is 0 Å². The number of para-hydroxylation sites is 1. The number of rotatable bonds is 8. The highest BCUT2D eigenvalue weighted by atomic mass is 32.2. The third-order valence-corrected chi connectivity index (χ3v) is 6.21. The lowest BCUT2D eigenvalue weighted by Crippen LogP contribution is -2.06. The Labute approximate surface area is 175 Å². The van der Waals surface area contributed by atoms with E-state index in [9.17, 15) is 13.2 Å². The van der Waals surface area contributed by atoms with Gasteiger partial charge in [0.1, 0.15) is 11.5 Å². The number of carbonyl (C=O) groups is 1. The second kappa shape index (κ2) is 9.00. The molecule has 0 spiro atoms. The third kappa shape index (κ3) is 4.63. The predicted molar refractivity (Wildman–Crippen MR) is 113 cm³/mol. The largest absolute Gasteiger partial charge is 0.496 e. The number of aliphatic carboxylic acids is 1. The molecule has 6 nitrogen and oxygen atoms in total. The molecule has 0 heterocycles. The summed E-state index contributed by atoms with van der Waals surface area (Å²) in [4.78, 5) is 11.2. The summed E-state index contributed by atoms with van der Waals surface area (Å²) in [6.45, 7) is 2.11. The van der Waals surface area contributed by atoms with Gasteiger partial charge < -0.3 is 14.6 Å². The standard InChI is InChI=1S/C23H22O6S/c1-3-29-18-11-16(13-23(24)25)12-20(15-18)30(26,27)19-8-6-7-17(14-19)21-9-4-5-10-22(21)28-2/h4-12,14-15H,3,13H2,1-2H3,(H,24,25). The van der Waals surface area contributed by atoms with Crippen LogP contribution < -0.4 is 9.47 Å². The van der Waals surface area contributed by atoms with Crippen LogP contribution in [-0.4, -0.2) is 33.2 Å². The quantitative estimate of drug-likeness (QED) is 0.580. The fourth-order valence-corrected chi connectivity index (χ4v) is 4.55. The molecule has 0 fully saturated rings. The van der Waals surface area contributed by atoms with Crippen LogP contribution in [0.1, 0.15) is 12.5 Å². The van der Waals surface area contributed by atoms with E-state index in [1.165, 1.54) is 18.2 Å². The van der Waals surface area contributed by atoms with Gasteiger partial charge in [-0.25, -0.2) is 8.42 Å². The van der Waals surface area contributed by atoms with Gasteiger partial charge in [0.2, 0.25) is 9.84 Å². The van der Waals surface area contributed by atoms with Crippen molar-refractivity contribution in [1.82, 2.24) is 0 Å². The van der Waals surface area contributed by atoms with Crippen molar-refractivity contribution in [3.63, 3.8) is 0 Å². The van der Waals surface area contributed by atoms with Crippen LogP contribution >= 0.6 is 0 Å².